The maximum Gasteiger partial charge on any atom is 0.573 e. The van der Waals surface area contributed by atoms with Gasteiger partial charge in [0.25, 0.3) is 0 Å². The van der Waals surface area contributed by atoms with E-state index in [1.807, 2.05) is 0 Å². The number of anilines is 1. The zero-order valence-electron chi connectivity index (χ0n) is 12.2. The van der Waals surface area contributed by atoms with Crippen molar-refractivity contribution >= 4 is 11.6 Å². The summed E-state index contributed by atoms with van der Waals surface area (Å²) in [4.78, 5) is 12.0. The van der Waals surface area contributed by atoms with Crippen molar-refractivity contribution in [2.24, 2.45) is 0 Å². The van der Waals surface area contributed by atoms with Crippen LogP contribution in [-0.4, -0.2) is 19.4 Å². The fourth-order valence-electron chi connectivity index (χ4n) is 2.00. The summed E-state index contributed by atoms with van der Waals surface area (Å²) in [6.07, 6.45) is -4.74. The maximum absolute atomic E-state index is 12.2. The Kier molecular flexibility index (Phi) is 5.10. The highest BCUT2D eigenvalue weighted by Crippen LogP contribution is 2.25. The largest absolute Gasteiger partial charge is 0.573 e. The van der Waals surface area contributed by atoms with E-state index in [2.05, 4.69) is 10.1 Å². The van der Waals surface area contributed by atoms with Crippen molar-refractivity contribution in [2.75, 3.05) is 12.4 Å². The number of ether oxygens (including phenoxy) is 2. The summed E-state index contributed by atoms with van der Waals surface area (Å²) in [7, 11) is 1.49. The van der Waals surface area contributed by atoms with Crippen molar-refractivity contribution in [1.82, 2.24) is 0 Å². The van der Waals surface area contributed by atoms with Gasteiger partial charge in [0.2, 0.25) is 5.91 Å². The molecule has 4 nitrogen and oxygen atoms in total. The molecule has 2 rings (SSSR count). The summed E-state index contributed by atoms with van der Waals surface area (Å²) < 4.78 is 45.5. The maximum atomic E-state index is 12.2. The third-order valence-electron chi connectivity index (χ3n) is 2.89. The molecule has 0 aromatic heterocycles. The van der Waals surface area contributed by atoms with E-state index in [-0.39, 0.29) is 18.0 Å². The molecular weight excluding hydrogens is 311 g/mol. The van der Waals surface area contributed by atoms with Gasteiger partial charge in [-0.3, -0.25) is 4.79 Å². The fraction of sp³-hybridized carbons (Fsp3) is 0.188. The summed E-state index contributed by atoms with van der Waals surface area (Å²) in [5.41, 5.74) is 0.891. The molecule has 2 aromatic rings. The summed E-state index contributed by atoms with van der Waals surface area (Å²) in [6, 6.07) is 12.1. The number of rotatable bonds is 5. The van der Waals surface area contributed by atoms with Crippen LogP contribution >= 0.6 is 0 Å². The summed E-state index contributed by atoms with van der Waals surface area (Å²) in [5, 5.41) is 2.53. The number of carbonyl (C=O) groups is 1. The van der Waals surface area contributed by atoms with E-state index in [1.165, 1.54) is 19.2 Å². The number of benzene rings is 2. The SMILES string of the molecule is COc1ccccc1CC(=O)Nc1cccc(OC(F)(F)F)c1. The Balaban J connectivity index is 2.04. The predicted octanol–water partition coefficient (Wildman–Crippen LogP) is 3.78. The van der Waals surface area contributed by atoms with Crippen molar-refractivity contribution in [2.45, 2.75) is 12.8 Å². The Morgan fingerprint density at radius 3 is 2.57 bits per heavy atom. The van der Waals surface area contributed by atoms with Crippen LogP contribution < -0.4 is 14.8 Å². The van der Waals surface area contributed by atoms with Gasteiger partial charge in [-0.1, -0.05) is 24.3 Å². The number of hydrogen-bond donors (Lipinski definition) is 1. The Hall–Kier alpha value is -2.70. The van der Waals surface area contributed by atoms with Crippen LogP contribution in [-0.2, 0) is 11.2 Å². The normalized spacial score (nSPS) is 11.0. The number of nitrogens with one attached hydrogen (secondary N) is 1. The van der Waals surface area contributed by atoms with Crippen LogP contribution in [0.5, 0.6) is 11.5 Å². The molecule has 0 bridgehead atoms. The van der Waals surface area contributed by atoms with E-state index in [1.54, 1.807) is 24.3 Å². The van der Waals surface area contributed by atoms with Crippen LogP contribution in [0, 0.1) is 0 Å². The number of carbonyl (C=O) groups excluding carboxylic acids is 1. The summed E-state index contributed by atoms with van der Waals surface area (Å²) >= 11 is 0. The van der Waals surface area contributed by atoms with Gasteiger partial charge >= 0.3 is 6.36 Å². The van der Waals surface area contributed by atoms with Crippen molar-refractivity contribution in [3.8, 4) is 11.5 Å². The molecular formula is C16H14F3NO3. The van der Waals surface area contributed by atoms with Gasteiger partial charge in [-0.15, -0.1) is 13.2 Å². The lowest BCUT2D eigenvalue weighted by molar-refractivity contribution is -0.274. The number of amides is 1. The minimum atomic E-state index is -4.78. The lowest BCUT2D eigenvalue weighted by Gasteiger charge is -2.11. The second kappa shape index (κ2) is 7.04. The molecule has 2 aromatic carbocycles. The molecule has 7 heteroatoms. The Labute approximate surface area is 130 Å². The van der Waals surface area contributed by atoms with Gasteiger partial charge in [0.15, 0.2) is 0 Å². The highest BCUT2D eigenvalue weighted by atomic mass is 19.4. The van der Waals surface area contributed by atoms with Gasteiger partial charge in [0, 0.05) is 17.3 Å². The summed E-state index contributed by atoms with van der Waals surface area (Å²) in [5.74, 6) is -0.206. The molecule has 0 spiro atoms. The molecule has 0 aliphatic heterocycles. The Morgan fingerprint density at radius 2 is 1.87 bits per heavy atom. The van der Waals surface area contributed by atoms with E-state index >= 15 is 0 Å². The van der Waals surface area contributed by atoms with E-state index in [0.717, 1.165) is 12.1 Å². The van der Waals surface area contributed by atoms with E-state index in [0.29, 0.717) is 11.3 Å². The standard InChI is InChI=1S/C16H14F3NO3/c1-22-14-8-3-2-5-11(14)9-15(21)20-12-6-4-7-13(10-12)23-16(17,18)19/h2-8,10H,9H2,1H3,(H,20,21). The third kappa shape index (κ3) is 5.21. The zero-order chi connectivity index (χ0) is 16.9. The van der Waals surface area contributed by atoms with Gasteiger partial charge in [-0.05, 0) is 18.2 Å². The van der Waals surface area contributed by atoms with Gasteiger partial charge in [0.1, 0.15) is 11.5 Å². The first-order valence-corrected chi connectivity index (χ1v) is 6.65. The molecule has 0 aliphatic carbocycles. The molecule has 0 aliphatic rings. The van der Waals surface area contributed by atoms with Gasteiger partial charge in [-0.25, -0.2) is 0 Å². The Bertz CT molecular complexity index is 686. The average Bonchev–Trinajstić information content (AvgIpc) is 2.46. The first-order valence-electron chi connectivity index (χ1n) is 6.65. The molecule has 1 amide bonds. The van der Waals surface area contributed by atoms with Crippen molar-refractivity contribution in [3.63, 3.8) is 0 Å². The van der Waals surface area contributed by atoms with Crippen LogP contribution in [0.3, 0.4) is 0 Å². The Morgan fingerprint density at radius 1 is 1.13 bits per heavy atom. The van der Waals surface area contributed by atoms with E-state index < -0.39 is 12.1 Å². The van der Waals surface area contributed by atoms with Crippen molar-refractivity contribution in [3.05, 3.63) is 54.1 Å². The zero-order valence-corrected chi connectivity index (χ0v) is 12.2. The van der Waals surface area contributed by atoms with Crippen LogP contribution in [0.1, 0.15) is 5.56 Å². The van der Waals surface area contributed by atoms with Gasteiger partial charge < -0.3 is 14.8 Å². The smallest absolute Gasteiger partial charge is 0.496 e. The third-order valence-corrected chi connectivity index (χ3v) is 2.89. The van der Waals surface area contributed by atoms with E-state index in [4.69, 9.17) is 4.74 Å². The number of alkyl halides is 3. The molecule has 0 unspecified atom stereocenters. The molecule has 0 heterocycles. The second-order valence-electron chi connectivity index (χ2n) is 4.61. The van der Waals surface area contributed by atoms with Crippen LogP contribution in [0.25, 0.3) is 0 Å². The number of halogens is 3. The molecule has 0 saturated carbocycles. The number of para-hydroxylation sites is 1. The predicted molar refractivity (Wildman–Crippen MR) is 78.5 cm³/mol. The quantitative estimate of drug-likeness (QED) is 0.910. The molecule has 1 N–H and O–H groups in total. The number of methoxy groups -OCH3 is 1. The first-order chi connectivity index (χ1) is 10.9. The lowest BCUT2D eigenvalue weighted by atomic mass is 10.1. The molecule has 122 valence electrons. The number of hydrogen-bond acceptors (Lipinski definition) is 3. The first kappa shape index (κ1) is 16.7. The molecule has 0 saturated heterocycles. The highest BCUT2D eigenvalue weighted by molar-refractivity contribution is 5.92. The minimum Gasteiger partial charge on any atom is -0.496 e. The topological polar surface area (TPSA) is 47.6 Å². The lowest BCUT2D eigenvalue weighted by Crippen LogP contribution is -2.18. The van der Waals surface area contributed by atoms with Crippen LogP contribution in [0.15, 0.2) is 48.5 Å². The monoisotopic (exact) mass is 325 g/mol. The van der Waals surface area contributed by atoms with Gasteiger partial charge in [-0.2, -0.15) is 0 Å². The minimum absolute atomic E-state index is 0.0361. The van der Waals surface area contributed by atoms with Crippen molar-refractivity contribution in [1.29, 1.82) is 0 Å². The summed E-state index contributed by atoms with van der Waals surface area (Å²) in [6.45, 7) is 0. The van der Waals surface area contributed by atoms with Crippen LogP contribution in [0.4, 0.5) is 18.9 Å². The fourth-order valence-corrected chi connectivity index (χ4v) is 2.00. The molecule has 0 radical (unpaired) electrons. The average molecular weight is 325 g/mol. The molecule has 0 fully saturated rings. The van der Waals surface area contributed by atoms with Crippen LogP contribution in [0.2, 0.25) is 0 Å². The van der Waals surface area contributed by atoms with E-state index in [9.17, 15) is 18.0 Å². The van der Waals surface area contributed by atoms with Crippen molar-refractivity contribution < 1.29 is 27.4 Å². The molecule has 23 heavy (non-hydrogen) atoms. The van der Waals surface area contributed by atoms with Gasteiger partial charge in [0.05, 0.1) is 13.5 Å². The second-order valence-corrected chi connectivity index (χ2v) is 4.61. The highest BCUT2D eigenvalue weighted by Gasteiger charge is 2.31. The molecule has 0 atom stereocenters.